The summed E-state index contributed by atoms with van der Waals surface area (Å²) in [7, 11) is 0. The lowest BCUT2D eigenvalue weighted by molar-refractivity contribution is 0.0531. The van der Waals surface area contributed by atoms with Crippen molar-refractivity contribution in [1.29, 1.82) is 0 Å². The summed E-state index contributed by atoms with van der Waals surface area (Å²) in [6, 6.07) is 10.1. The van der Waals surface area contributed by atoms with Crippen molar-refractivity contribution in [3.05, 3.63) is 48.3 Å². The standard InChI is InChI=1S/C15H17ClN2O/c16-15(12-5-4-8-19-11-12)13-9-17-18(10-13)14-6-2-1-3-7-14/h1-3,6-7,9-10,12,15H,4-5,8,11H2. The average molecular weight is 277 g/mol. The number of alkyl halides is 1. The molecule has 0 spiro atoms. The maximum atomic E-state index is 6.55. The first-order valence-electron chi connectivity index (χ1n) is 6.66. The van der Waals surface area contributed by atoms with Crippen molar-refractivity contribution in [2.24, 2.45) is 5.92 Å². The number of benzene rings is 1. The average Bonchev–Trinajstić information content (AvgIpc) is 2.98. The summed E-state index contributed by atoms with van der Waals surface area (Å²) >= 11 is 6.55. The van der Waals surface area contributed by atoms with E-state index in [1.165, 1.54) is 0 Å². The molecule has 1 aliphatic rings. The van der Waals surface area contributed by atoms with Crippen LogP contribution in [-0.4, -0.2) is 23.0 Å². The van der Waals surface area contributed by atoms with E-state index in [2.05, 4.69) is 5.10 Å². The van der Waals surface area contributed by atoms with Crippen molar-refractivity contribution >= 4 is 11.6 Å². The van der Waals surface area contributed by atoms with Gasteiger partial charge in [-0.3, -0.25) is 0 Å². The van der Waals surface area contributed by atoms with E-state index >= 15 is 0 Å². The minimum Gasteiger partial charge on any atom is -0.381 e. The van der Waals surface area contributed by atoms with E-state index in [4.69, 9.17) is 16.3 Å². The van der Waals surface area contributed by atoms with Gasteiger partial charge in [0.05, 0.1) is 23.9 Å². The number of nitrogens with zero attached hydrogens (tertiary/aromatic N) is 2. The molecule has 0 N–H and O–H groups in total. The summed E-state index contributed by atoms with van der Waals surface area (Å²) in [5.41, 5.74) is 2.12. The molecule has 2 aromatic rings. The third-order valence-electron chi connectivity index (χ3n) is 3.55. The Hall–Kier alpha value is -1.32. The van der Waals surface area contributed by atoms with Gasteiger partial charge in [-0.2, -0.15) is 5.10 Å². The molecule has 2 unspecified atom stereocenters. The fourth-order valence-electron chi connectivity index (χ4n) is 2.47. The number of halogens is 1. The van der Waals surface area contributed by atoms with Gasteiger partial charge in [0.1, 0.15) is 0 Å². The second-order valence-electron chi connectivity index (χ2n) is 4.93. The molecule has 4 heteroatoms. The minimum absolute atomic E-state index is 0.0160. The molecule has 2 atom stereocenters. The van der Waals surface area contributed by atoms with Gasteiger partial charge in [-0.25, -0.2) is 4.68 Å². The number of aromatic nitrogens is 2. The van der Waals surface area contributed by atoms with Gasteiger partial charge in [0.25, 0.3) is 0 Å². The van der Waals surface area contributed by atoms with Crippen molar-refractivity contribution in [3.8, 4) is 5.69 Å². The molecule has 100 valence electrons. The molecule has 1 fully saturated rings. The van der Waals surface area contributed by atoms with Crippen LogP contribution in [0.3, 0.4) is 0 Å². The predicted octanol–water partition coefficient (Wildman–Crippen LogP) is 3.58. The van der Waals surface area contributed by atoms with Gasteiger partial charge < -0.3 is 4.74 Å². The molecule has 3 rings (SSSR count). The molecule has 1 aromatic carbocycles. The Balaban J connectivity index is 1.77. The molecule has 0 aliphatic carbocycles. The zero-order chi connectivity index (χ0) is 13.1. The van der Waals surface area contributed by atoms with Crippen LogP contribution in [0.1, 0.15) is 23.8 Å². The van der Waals surface area contributed by atoms with Crippen LogP contribution in [-0.2, 0) is 4.74 Å². The van der Waals surface area contributed by atoms with Gasteiger partial charge in [0.2, 0.25) is 0 Å². The quantitative estimate of drug-likeness (QED) is 0.801. The summed E-state index contributed by atoms with van der Waals surface area (Å²) in [6.07, 6.45) is 6.10. The summed E-state index contributed by atoms with van der Waals surface area (Å²) in [4.78, 5) is 0. The van der Waals surface area contributed by atoms with Crippen molar-refractivity contribution in [3.63, 3.8) is 0 Å². The van der Waals surface area contributed by atoms with Crippen LogP contribution < -0.4 is 0 Å². The van der Waals surface area contributed by atoms with Crippen LogP contribution in [0, 0.1) is 5.92 Å². The highest BCUT2D eigenvalue weighted by Crippen LogP contribution is 2.34. The van der Waals surface area contributed by atoms with Gasteiger partial charge in [0.15, 0.2) is 0 Å². The van der Waals surface area contributed by atoms with Crippen LogP contribution in [0.4, 0.5) is 0 Å². The molecular weight excluding hydrogens is 260 g/mol. The Morgan fingerprint density at radius 1 is 1.32 bits per heavy atom. The van der Waals surface area contributed by atoms with Crippen molar-refractivity contribution < 1.29 is 4.74 Å². The second kappa shape index (κ2) is 5.76. The van der Waals surface area contributed by atoms with Crippen molar-refractivity contribution in [1.82, 2.24) is 9.78 Å². The molecular formula is C15H17ClN2O. The number of hydrogen-bond acceptors (Lipinski definition) is 2. The Morgan fingerprint density at radius 3 is 2.89 bits per heavy atom. The Kier molecular flexibility index (Phi) is 3.85. The van der Waals surface area contributed by atoms with Gasteiger partial charge >= 0.3 is 0 Å². The Labute approximate surface area is 118 Å². The summed E-state index contributed by atoms with van der Waals surface area (Å²) in [5.74, 6) is 0.392. The fourth-order valence-corrected chi connectivity index (χ4v) is 2.78. The SMILES string of the molecule is ClC(c1cnn(-c2ccccc2)c1)C1CCCOC1. The molecule has 19 heavy (non-hydrogen) atoms. The first-order chi connectivity index (χ1) is 9.34. The van der Waals surface area contributed by atoms with Crippen LogP contribution in [0.5, 0.6) is 0 Å². The lowest BCUT2D eigenvalue weighted by atomic mass is 9.95. The molecule has 2 heterocycles. The first-order valence-corrected chi connectivity index (χ1v) is 7.10. The molecule has 3 nitrogen and oxygen atoms in total. The van der Waals surface area contributed by atoms with E-state index in [1.807, 2.05) is 47.4 Å². The largest absolute Gasteiger partial charge is 0.381 e. The minimum atomic E-state index is -0.0160. The molecule has 0 amide bonds. The van der Waals surface area contributed by atoms with Gasteiger partial charge in [-0.1, -0.05) is 18.2 Å². The molecule has 1 saturated heterocycles. The van der Waals surface area contributed by atoms with E-state index in [0.29, 0.717) is 5.92 Å². The zero-order valence-electron chi connectivity index (χ0n) is 10.7. The maximum absolute atomic E-state index is 6.55. The van der Waals surface area contributed by atoms with Gasteiger partial charge in [0, 0.05) is 24.3 Å². The van der Waals surface area contributed by atoms with Crippen LogP contribution >= 0.6 is 11.6 Å². The molecule has 1 aliphatic heterocycles. The highest BCUT2D eigenvalue weighted by molar-refractivity contribution is 6.21. The second-order valence-corrected chi connectivity index (χ2v) is 5.40. The summed E-state index contributed by atoms with van der Waals surface area (Å²) < 4.78 is 7.37. The lowest BCUT2D eigenvalue weighted by Crippen LogP contribution is -2.21. The molecule has 1 aromatic heterocycles. The smallest absolute Gasteiger partial charge is 0.0666 e. The highest BCUT2D eigenvalue weighted by atomic mass is 35.5. The van der Waals surface area contributed by atoms with Crippen molar-refractivity contribution in [2.45, 2.75) is 18.2 Å². The number of rotatable bonds is 3. The molecule has 0 saturated carbocycles. The predicted molar refractivity (Wildman–Crippen MR) is 75.7 cm³/mol. The fraction of sp³-hybridized carbons (Fsp3) is 0.400. The summed E-state index contributed by atoms with van der Waals surface area (Å²) in [6.45, 7) is 1.62. The lowest BCUT2D eigenvalue weighted by Gasteiger charge is -2.25. The molecule has 0 radical (unpaired) electrons. The zero-order valence-corrected chi connectivity index (χ0v) is 11.5. The van der Waals surface area contributed by atoms with Gasteiger partial charge in [-0.15, -0.1) is 11.6 Å². The topological polar surface area (TPSA) is 27.1 Å². The third-order valence-corrected chi connectivity index (χ3v) is 4.16. The summed E-state index contributed by atoms with van der Waals surface area (Å²) in [5, 5.41) is 4.38. The molecule has 0 bridgehead atoms. The van der Waals surface area contributed by atoms with Crippen molar-refractivity contribution in [2.75, 3.05) is 13.2 Å². The van der Waals surface area contributed by atoms with Crippen LogP contribution in [0.2, 0.25) is 0 Å². The maximum Gasteiger partial charge on any atom is 0.0666 e. The van der Waals surface area contributed by atoms with E-state index in [0.717, 1.165) is 37.3 Å². The number of ether oxygens (including phenoxy) is 1. The normalized spacial score (nSPS) is 21.2. The highest BCUT2D eigenvalue weighted by Gasteiger charge is 2.24. The monoisotopic (exact) mass is 276 g/mol. The third kappa shape index (κ3) is 2.82. The first kappa shape index (κ1) is 12.7. The number of para-hydroxylation sites is 1. The Morgan fingerprint density at radius 2 is 2.16 bits per heavy atom. The van der Waals surface area contributed by atoms with Crippen LogP contribution in [0.15, 0.2) is 42.7 Å². The van der Waals surface area contributed by atoms with E-state index < -0.39 is 0 Å². The van der Waals surface area contributed by atoms with Crippen LogP contribution in [0.25, 0.3) is 5.69 Å². The Bertz CT molecular complexity index is 520. The van der Waals surface area contributed by atoms with E-state index in [9.17, 15) is 0 Å². The van der Waals surface area contributed by atoms with E-state index in [-0.39, 0.29) is 5.38 Å². The van der Waals surface area contributed by atoms with Gasteiger partial charge in [-0.05, 0) is 25.0 Å². The van der Waals surface area contributed by atoms with E-state index in [1.54, 1.807) is 0 Å². The number of hydrogen-bond donors (Lipinski definition) is 0.